The summed E-state index contributed by atoms with van der Waals surface area (Å²) < 4.78 is 0. The minimum atomic E-state index is 0.430. The molecule has 0 aromatic heterocycles. The fraction of sp³-hybridized carbons (Fsp3) is 0.833. The van der Waals surface area contributed by atoms with Gasteiger partial charge in [-0.2, -0.15) is 0 Å². The van der Waals surface area contributed by atoms with E-state index in [-0.39, 0.29) is 0 Å². The maximum absolute atomic E-state index is 3.26. The van der Waals surface area contributed by atoms with Gasteiger partial charge in [0.15, 0.2) is 0 Å². The van der Waals surface area contributed by atoms with Gasteiger partial charge >= 0.3 is 0 Å². The van der Waals surface area contributed by atoms with Gasteiger partial charge in [0, 0.05) is 0 Å². The zero-order valence-electron chi connectivity index (χ0n) is 13.8. The largest absolute Gasteiger partial charge is 0.130 e. The summed E-state index contributed by atoms with van der Waals surface area (Å²) in [5.41, 5.74) is 4.20. The van der Waals surface area contributed by atoms with Crippen molar-refractivity contribution >= 4 is 0 Å². The van der Waals surface area contributed by atoms with Crippen molar-refractivity contribution in [2.24, 2.45) is 16.7 Å². The highest BCUT2D eigenvalue weighted by molar-refractivity contribution is 4.94. The first kappa shape index (κ1) is 17.5. The van der Waals surface area contributed by atoms with Crippen molar-refractivity contribution in [2.75, 3.05) is 0 Å². The molecule has 0 aromatic carbocycles. The molecule has 0 rings (SSSR count). The van der Waals surface area contributed by atoms with Crippen LogP contribution in [0.1, 0.15) is 80.6 Å². The van der Waals surface area contributed by atoms with Crippen LogP contribution in [0.3, 0.4) is 0 Å². The Hall–Kier alpha value is -0.480. The number of hydrogen-bond donors (Lipinski definition) is 0. The zero-order chi connectivity index (χ0) is 14.2. The van der Waals surface area contributed by atoms with E-state index in [1.807, 2.05) is 13.0 Å². The summed E-state index contributed by atoms with van der Waals surface area (Å²) >= 11 is 0. The lowest BCUT2D eigenvalue weighted by Gasteiger charge is -2.34. The van der Waals surface area contributed by atoms with Crippen LogP contribution in [0, 0.1) is 16.7 Å². The first-order valence-electron chi connectivity index (χ1n) is 7.68. The molecule has 106 valence electrons. The van der Waals surface area contributed by atoms with Gasteiger partial charge in [0.2, 0.25) is 0 Å². The van der Waals surface area contributed by atoms with Crippen LogP contribution in [0.15, 0.2) is 17.9 Å². The summed E-state index contributed by atoms with van der Waals surface area (Å²) in [4.78, 5) is 0. The Kier molecular flexibility index (Phi) is 7.64. The molecule has 2 unspecified atom stereocenters. The maximum atomic E-state index is 3.26. The standard InChI is InChI=1S/C18H34/c1-8-11-13-16(4)18(7,10-3)15-12-14-17(5,6)9-2/h8,13,16H,9-10,12,14-15H2,1-7H3. The average molecular weight is 250 g/mol. The van der Waals surface area contributed by atoms with E-state index >= 15 is 0 Å². The van der Waals surface area contributed by atoms with Crippen LogP contribution in [-0.4, -0.2) is 0 Å². The highest BCUT2D eigenvalue weighted by Crippen LogP contribution is 2.39. The Labute approximate surface area is 116 Å². The molecule has 0 N–H and O–H groups in total. The molecule has 0 saturated heterocycles. The third kappa shape index (κ3) is 5.91. The number of allylic oxidation sites excluding steroid dienone is 1. The molecule has 0 aliphatic heterocycles. The van der Waals surface area contributed by atoms with Crippen molar-refractivity contribution in [3.8, 4) is 0 Å². The molecule has 18 heavy (non-hydrogen) atoms. The SMILES string of the molecule is CC=C=CC(C)C(C)(CC)CCCC(C)(C)CC. The van der Waals surface area contributed by atoms with Crippen LogP contribution < -0.4 is 0 Å². The van der Waals surface area contributed by atoms with Gasteiger partial charge in [-0.05, 0) is 48.7 Å². The van der Waals surface area contributed by atoms with Crippen LogP contribution in [0.2, 0.25) is 0 Å². The molecule has 2 atom stereocenters. The lowest BCUT2D eigenvalue weighted by molar-refractivity contribution is 0.188. The van der Waals surface area contributed by atoms with Crippen LogP contribution in [0.4, 0.5) is 0 Å². The number of rotatable bonds is 8. The predicted molar refractivity (Wildman–Crippen MR) is 83.8 cm³/mol. The molecule has 0 fully saturated rings. The summed E-state index contributed by atoms with van der Waals surface area (Å²) in [6, 6.07) is 0. The molecule has 0 heterocycles. The van der Waals surface area contributed by atoms with E-state index in [1.54, 1.807) is 0 Å². The Morgan fingerprint density at radius 2 is 1.67 bits per heavy atom. The van der Waals surface area contributed by atoms with E-state index in [2.05, 4.69) is 53.3 Å². The summed E-state index contributed by atoms with van der Waals surface area (Å²) in [5.74, 6) is 0.614. The quantitative estimate of drug-likeness (QED) is 0.439. The summed E-state index contributed by atoms with van der Waals surface area (Å²) in [5, 5.41) is 0. The molecule has 0 spiro atoms. The third-order valence-electron chi connectivity index (χ3n) is 4.98. The zero-order valence-corrected chi connectivity index (χ0v) is 13.8. The second-order valence-electron chi connectivity index (χ2n) is 6.79. The minimum absolute atomic E-state index is 0.430. The number of hydrogen-bond acceptors (Lipinski definition) is 0. The van der Waals surface area contributed by atoms with Crippen LogP contribution in [-0.2, 0) is 0 Å². The van der Waals surface area contributed by atoms with E-state index in [9.17, 15) is 0 Å². The van der Waals surface area contributed by atoms with Crippen LogP contribution in [0.5, 0.6) is 0 Å². The van der Waals surface area contributed by atoms with Gasteiger partial charge in [-0.25, -0.2) is 0 Å². The van der Waals surface area contributed by atoms with Crippen molar-refractivity contribution in [1.29, 1.82) is 0 Å². The molecule has 0 heteroatoms. The van der Waals surface area contributed by atoms with Gasteiger partial charge in [-0.15, -0.1) is 5.73 Å². The highest BCUT2D eigenvalue weighted by Gasteiger charge is 2.28. The predicted octanol–water partition coefficient (Wildman–Crippen LogP) is 6.38. The van der Waals surface area contributed by atoms with Crippen LogP contribution >= 0.6 is 0 Å². The topological polar surface area (TPSA) is 0 Å². The fourth-order valence-corrected chi connectivity index (χ4v) is 2.32. The summed E-state index contributed by atoms with van der Waals surface area (Å²) in [7, 11) is 0. The van der Waals surface area contributed by atoms with Crippen molar-refractivity contribution in [3.05, 3.63) is 17.9 Å². The van der Waals surface area contributed by atoms with Crippen molar-refractivity contribution in [2.45, 2.75) is 80.6 Å². The Morgan fingerprint density at radius 3 is 2.11 bits per heavy atom. The van der Waals surface area contributed by atoms with E-state index < -0.39 is 0 Å². The maximum Gasteiger partial charge on any atom is -0.0132 e. The molecule has 0 aliphatic carbocycles. The highest BCUT2D eigenvalue weighted by atomic mass is 14.3. The second kappa shape index (κ2) is 7.85. The second-order valence-corrected chi connectivity index (χ2v) is 6.79. The first-order valence-corrected chi connectivity index (χ1v) is 7.68. The van der Waals surface area contributed by atoms with Crippen LogP contribution in [0.25, 0.3) is 0 Å². The van der Waals surface area contributed by atoms with Gasteiger partial charge in [0.1, 0.15) is 0 Å². The molecule has 0 aliphatic rings. The monoisotopic (exact) mass is 250 g/mol. The molecule has 0 nitrogen and oxygen atoms in total. The van der Waals surface area contributed by atoms with Crippen molar-refractivity contribution < 1.29 is 0 Å². The third-order valence-corrected chi connectivity index (χ3v) is 4.98. The Bertz CT molecular complexity index is 278. The fourth-order valence-electron chi connectivity index (χ4n) is 2.32. The molecule has 0 radical (unpaired) electrons. The Morgan fingerprint density at radius 1 is 1.06 bits per heavy atom. The van der Waals surface area contributed by atoms with E-state index in [4.69, 9.17) is 0 Å². The van der Waals surface area contributed by atoms with Gasteiger partial charge in [0.25, 0.3) is 0 Å². The molecule has 0 aromatic rings. The molecular weight excluding hydrogens is 216 g/mol. The van der Waals surface area contributed by atoms with E-state index in [1.165, 1.54) is 32.1 Å². The van der Waals surface area contributed by atoms with Crippen molar-refractivity contribution in [1.82, 2.24) is 0 Å². The van der Waals surface area contributed by atoms with E-state index in [0.717, 1.165) is 0 Å². The first-order chi connectivity index (χ1) is 8.31. The van der Waals surface area contributed by atoms with Gasteiger partial charge < -0.3 is 0 Å². The lowest BCUT2D eigenvalue weighted by Crippen LogP contribution is -2.24. The average Bonchev–Trinajstić information content (AvgIpc) is 2.35. The van der Waals surface area contributed by atoms with Gasteiger partial charge in [-0.3, -0.25) is 0 Å². The van der Waals surface area contributed by atoms with E-state index in [0.29, 0.717) is 16.7 Å². The lowest BCUT2D eigenvalue weighted by atomic mass is 9.71. The van der Waals surface area contributed by atoms with Crippen molar-refractivity contribution in [3.63, 3.8) is 0 Å². The normalized spacial score (nSPS) is 16.6. The molecular formula is C18H34. The molecule has 0 bridgehead atoms. The molecule has 0 amide bonds. The van der Waals surface area contributed by atoms with Gasteiger partial charge in [0.05, 0.1) is 0 Å². The summed E-state index contributed by atoms with van der Waals surface area (Å²) in [6.45, 7) is 16.2. The molecule has 0 saturated carbocycles. The Balaban J connectivity index is 4.45. The minimum Gasteiger partial charge on any atom is -0.130 e. The van der Waals surface area contributed by atoms with Gasteiger partial charge in [-0.1, -0.05) is 60.8 Å². The smallest absolute Gasteiger partial charge is 0.0132 e. The summed E-state index contributed by atoms with van der Waals surface area (Å²) in [6.07, 6.45) is 10.8.